The molecule has 0 saturated heterocycles. The Bertz CT molecular complexity index is 732. The molecular weight excluding hydrogens is 316 g/mol. The van der Waals surface area contributed by atoms with Crippen molar-refractivity contribution in [1.29, 1.82) is 0 Å². The standard InChI is InChI=1S/C17H17ClN2O3/c1-11-9-13(18)7-8-16(11)23-10-17(22)20-15-6-4-3-5-14(15)19-12(2)21/h3-9H,10H2,1-2H3,(H,19,21)(H,20,22). The molecule has 6 heteroatoms. The number of amides is 2. The Morgan fingerprint density at radius 3 is 2.35 bits per heavy atom. The van der Waals surface area contributed by atoms with Gasteiger partial charge in [-0.3, -0.25) is 9.59 Å². The number of anilines is 2. The van der Waals surface area contributed by atoms with Crippen molar-refractivity contribution in [2.45, 2.75) is 13.8 Å². The van der Waals surface area contributed by atoms with Gasteiger partial charge in [-0.25, -0.2) is 0 Å². The average Bonchev–Trinajstić information content (AvgIpc) is 2.48. The molecule has 0 fully saturated rings. The second kappa shape index (κ2) is 7.65. The second-order valence-corrected chi connectivity index (χ2v) is 5.41. The minimum Gasteiger partial charge on any atom is -0.483 e. The lowest BCUT2D eigenvalue weighted by Crippen LogP contribution is -2.21. The van der Waals surface area contributed by atoms with Crippen LogP contribution in [0.4, 0.5) is 11.4 Å². The normalized spacial score (nSPS) is 10.0. The van der Waals surface area contributed by atoms with Gasteiger partial charge in [0, 0.05) is 11.9 Å². The molecule has 0 saturated carbocycles. The van der Waals surface area contributed by atoms with E-state index in [0.717, 1.165) is 5.56 Å². The monoisotopic (exact) mass is 332 g/mol. The lowest BCUT2D eigenvalue weighted by Gasteiger charge is -2.12. The molecule has 0 aromatic heterocycles. The van der Waals surface area contributed by atoms with Crippen molar-refractivity contribution in [2.24, 2.45) is 0 Å². The first kappa shape index (κ1) is 16.8. The Hall–Kier alpha value is -2.53. The Morgan fingerprint density at radius 1 is 1.09 bits per heavy atom. The van der Waals surface area contributed by atoms with Gasteiger partial charge in [0.15, 0.2) is 6.61 Å². The number of carbonyl (C=O) groups excluding carboxylic acids is 2. The Labute approximate surface area is 139 Å². The van der Waals surface area contributed by atoms with Crippen LogP contribution in [0.25, 0.3) is 0 Å². The van der Waals surface area contributed by atoms with Gasteiger partial charge in [0.05, 0.1) is 11.4 Å². The largest absolute Gasteiger partial charge is 0.483 e. The molecule has 0 bridgehead atoms. The van der Waals surface area contributed by atoms with Crippen LogP contribution in [-0.2, 0) is 9.59 Å². The summed E-state index contributed by atoms with van der Waals surface area (Å²) in [5.74, 6) is 0.0663. The SMILES string of the molecule is CC(=O)Nc1ccccc1NC(=O)COc1ccc(Cl)cc1C. The number of halogens is 1. The summed E-state index contributed by atoms with van der Waals surface area (Å²) in [6.45, 7) is 3.12. The number of para-hydroxylation sites is 2. The Kier molecular flexibility index (Phi) is 5.60. The summed E-state index contributed by atoms with van der Waals surface area (Å²) < 4.78 is 5.49. The van der Waals surface area contributed by atoms with Gasteiger partial charge in [0.25, 0.3) is 5.91 Å². The first-order chi connectivity index (χ1) is 11.0. The van der Waals surface area contributed by atoms with Gasteiger partial charge in [0.1, 0.15) is 5.75 Å². The molecule has 0 aliphatic heterocycles. The fourth-order valence-corrected chi connectivity index (χ4v) is 2.22. The van der Waals surface area contributed by atoms with Crippen LogP contribution in [-0.4, -0.2) is 18.4 Å². The van der Waals surface area contributed by atoms with E-state index in [9.17, 15) is 9.59 Å². The van der Waals surface area contributed by atoms with Gasteiger partial charge in [-0.1, -0.05) is 23.7 Å². The highest BCUT2D eigenvalue weighted by Gasteiger charge is 2.09. The molecule has 0 spiro atoms. The Balaban J connectivity index is 1.98. The summed E-state index contributed by atoms with van der Waals surface area (Å²) in [6.07, 6.45) is 0. The number of hydrogen-bond donors (Lipinski definition) is 2. The fraction of sp³-hybridized carbons (Fsp3) is 0.176. The summed E-state index contributed by atoms with van der Waals surface area (Å²) >= 11 is 5.88. The van der Waals surface area contributed by atoms with Crippen LogP contribution in [0.15, 0.2) is 42.5 Å². The molecule has 5 nitrogen and oxygen atoms in total. The number of ether oxygens (including phenoxy) is 1. The van der Waals surface area contributed by atoms with E-state index in [-0.39, 0.29) is 18.4 Å². The van der Waals surface area contributed by atoms with Crippen LogP contribution >= 0.6 is 11.6 Å². The van der Waals surface area contributed by atoms with Crippen molar-refractivity contribution in [3.05, 3.63) is 53.1 Å². The molecule has 0 atom stereocenters. The van der Waals surface area contributed by atoms with E-state index in [1.807, 2.05) is 6.92 Å². The smallest absolute Gasteiger partial charge is 0.262 e. The quantitative estimate of drug-likeness (QED) is 0.878. The summed E-state index contributed by atoms with van der Waals surface area (Å²) in [5, 5.41) is 5.99. The van der Waals surface area contributed by atoms with Crippen molar-refractivity contribution in [1.82, 2.24) is 0 Å². The van der Waals surface area contributed by atoms with Gasteiger partial charge in [0.2, 0.25) is 5.91 Å². The fourth-order valence-electron chi connectivity index (χ4n) is 2.00. The molecule has 120 valence electrons. The van der Waals surface area contributed by atoms with E-state index < -0.39 is 0 Å². The first-order valence-corrected chi connectivity index (χ1v) is 7.39. The van der Waals surface area contributed by atoms with E-state index >= 15 is 0 Å². The summed E-state index contributed by atoms with van der Waals surface area (Å²) in [5.41, 5.74) is 1.91. The number of rotatable bonds is 5. The van der Waals surface area contributed by atoms with Crippen LogP contribution in [0.5, 0.6) is 5.75 Å². The summed E-state index contributed by atoms with van der Waals surface area (Å²) in [6, 6.07) is 12.1. The number of aryl methyl sites for hydroxylation is 1. The number of benzene rings is 2. The maximum atomic E-state index is 12.0. The minimum absolute atomic E-state index is 0.142. The summed E-state index contributed by atoms with van der Waals surface area (Å²) in [4.78, 5) is 23.2. The molecule has 23 heavy (non-hydrogen) atoms. The molecule has 2 rings (SSSR count). The zero-order valence-corrected chi connectivity index (χ0v) is 13.6. The highest BCUT2D eigenvalue weighted by Crippen LogP contribution is 2.23. The van der Waals surface area contributed by atoms with Gasteiger partial charge in [-0.05, 0) is 42.8 Å². The molecule has 2 aromatic rings. The van der Waals surface area contributed by atoms with Crippen LogP contribution in [0, 0.1) is 6.92 Å². The molecule has 0 aliphatic carbocycles. The lowest BCUT2D eigenvalue weighted by molar-refractivity contribution is -0.118. The van der Waals surface area contributed by atoms with Gasteiger partial charge in [-0.15, -0.1) is 0 Å². The molecule has 2 aromatic carbocycles. The number of nitrogens with one attached hydrogen (secondary N) is 2. The number of carbonyl (C=O) groups is 2. The van der Waals surface area contributed by atoms with Gasteiger partial charge < -0.3 is 15.4 Å². The lowest BCUT2D eigenvalue weighted by atomic mass is 10.2. The van der Waals surface area contributed by atoms with Gasteiger partial charge >= 0.3 is 0 Å². The maximum absolute atomic E-state index is 12.0. The molecule has 0 aliphatic rings. The molecular formula is C17H17ClN2O3. The van der Waals surface area contributed by atoms with Crippen molar-refractivity contribution < 1.29 is 14.3 Å². The predicted molar refractivity (Wildman–Crippen MR) is 91.1 cm³/mol. The molecule has 0 radical (unpaired) electrons. The Morgan fingerprint density at radius 2 is 1.74 bits per heavy atom. The van der Waals surface area contributed by atoms with E-state index in [1.165, 1.54) is 6.92 Å². The van der Waals surface area contributed by atoms with Crippen molar-refractivity contribution in [3.63, 3.8) is 0 Å². The second-order valence-electron chi connectivity index (χ2n) is 4.97. The molecule has 0 heterocycles. The third kappa shape index (κ3) is 5.00. The van der Waals surface area contributed by atoms with Crippen molar-refractivity contribution >= 4 is 34.8 Å². The van der Waals surface area contributed by atoms with Crippen LogP contribution in [0.3, 0.4) is 0 Å². The highest BCUT2D eigenvalue weighted by molar-refractivity contribution is 6.30. The van der Waals surface area contributed by atoms with Crippen LogP contribution < -0.4 is 15.4 Å². The van der Waals surface area contributed by atoms with E-state index in [2.05, 4.69) is 10.6 Å². The third-order valence-corrected chi connectivity index (χ3v) is 3.24. The predicted octanol–water partition coefficient (Wildman–Crippen LogP) is 3.62. The zero-order valence-electron chi connectivity index (χ0n) is 12.9. The molecule has 2 amide bonds. The van der Waals surface area contributed by atoms with E-state index in [4.69, 9.17) is 16.3 Å². The van der Waals surface area contributed by atoms with E-state index in [1.54, 1.807) is 42.5 Å². The van der Waals surface area contributed by atoms with Gasteiger partial charge in [-0.2, -0.15) is 0 Å². The number of hydrogen-bond acceptors (Lipinski definition) is 3. The third-order valence-electron chi connectivity index (χ3n) is 3.01. The topological polar surface area (TPSA) is 67.4 Å². The van der Waals surface area contributed by atoms with Crippen molar-refractivity contribution in [3.8, 4) is 5.75 Å². The van der Waals surface area contributed by atoms with Crippen LogP contribution in [0.1, 0.15) is 12.5 Å². The average molecular weight is 333 g/mol. The maximum Gasteiger partial charge on any atom is 0.262 e. The molecule has 0 unspecified atom stereocenters. The molecule has 2 N–H and O–H groups in total. The van der Waals surface area contributed by atoms with Crippen molar-refractivity contribution in [2.75, 3.05) is 17.2 Å². The van der Waals surface area contributed by atoms with E-state index in [0.29, 0.717) is 22.1 Å². The minimum atomic E-state index is -0.322. The van der Waals surface area contributed by atoms with Crippen LogP contribution in [0.2, 0.25) is 5.02 Å². The highest BCUT2D eigenvalue weighted by atomic mass is 35.5. The first-order valence-electron chi connectivity index (χ1n) is 7.01. The zero-order chi connectivity index (χ0) is 16.8. The summed E-state index contributed by atoms with van der Waals surface area (Å²) in [7, 11) is 0.